The van der Waals surface area contributed by atoms with E-state index in [0.29, 0.717) is 31.1 Å². The first-order valence-electron chi connectivity index (χ1n) is 9.63. The number of hydrogen-bond donors (Lipinski definition) is 1. The number of piperazine rings is 1. The van der Waals surface area contributed by atoms with Crippen molar-refractivity contribution in [1.29, 1.82) is 0 Å². The maximum Gasteiger partial charge on any atom is 0.280 e. The van der Waals surface area contributed by atoms with Crippen LogP contribution in [0.2, 0.25) is 0 Å². The highest BCUT2D eigenvalue weighted by Gasteiger charge is 2.37. The van der Waals surface area contributed by atoms with Crippen molar-refractivity contribution in [3.05, 3.63) is 30.3 Å². The number of benzene rings is 1. The highest BCUT2D eigenvalue weighted by Crippen LogP contribution is 2.17. The van der Waals surface area contributed by atoms with Crippen LogP contribution >= 0.6 is 0 Å². The normalized spacial score (nSPS) is 28.7. The van der Waals surface area contributed by atoms with Crippen LogP contribution in [0, 0.1) is 0 Å². The van der Waals surface area contributed by atoms with Gasteiger partial charge in [-0.2, -0.15) is 4.31 Å². The van der Waals surface area contributed by atoms with Crippen molar-refractivity contribution < 1.29 is 22.8 Å². The number of morpholine rings is 1. The fourth-order valence-electron chi connectivity index (χ4n) is 4.01. The molecule has 2 aliphatic rings. The van der Waals surface area contributed by atoms with Crippen LogP contribution in [-0.2, 0) is 19.6 Å². The minimum atomic E-state index is -3.49. The van der Waals surface area contributed by atoms with E-state index >= 15 is 0 Å². The minimum absolute atomic E-state index is 0.100. The summed E-state index contributed by atoms with van der Waals surface area (Å²) in [5, 5.41) is 0. The van der Waals surface area contributed by atoms with E-state index in [0.717, 1.165) is 13.1 Å². The molecule has 3 rings (SSSR count). The number of quaternary nitrogens is 1. The molecule has 2 fully saturated rings. The molecule has 0 aromatic heterocycles. The minimum Gasteiger partial charge on any atom is -0.364 e. The van der Waals surface area contributed by atoms with Crippen molar-refractivity contribution in [2.75, 3.05) is 39.3 Å². The van der Waals surface area contributed by atoms with Gasteiger partial charge in [0, 0.05) is 26.2 Å². The summed E-state index contributed by atoms with van der Waals surface area (Å²) >= 11 is 0. The number of hydrogen-bond acceptors (Lipinski definition) is 4. The van der Waals surface area contributed by atoms with Crippen LogP contribution in [0.15, 0.2) is 35.2 Å². The van der Waals surface area contributed by atoms with E-state index in [9.17, 15) is 13.2 Å². The third kappa shape index (κ3) is 4.51. The molecular formula is C19H30N3O4S+. The molecular weight excluding hydrogens is 366 g/mol. The number of carbonyl (C=O) groups is 1. The van der Waals surface area contributed by atoms with Crippen LogP contribution in [0.3, 0.4) is 0 Å². The van der Waals surface area contributed by atoms with Crippen molar-refractivity contribution in [3.8, 4) is 0 Å². The first-order valence-corrected chi connectivity index (χ1v) is 11.1. The van der Waals surface area contributed by atoms with Crippen molar-refractivity contribution in [2.45, 2.75) is 43.9 Å². The highest BCUT2D eigenvalue weighted by atomic mass is 32.2. The second kappa shape index (κ2) is 8.26. The van der Waals surface area contributed by atoms with Crippen LogP contribution < -0.4 is 4.90 Å². The van der Waals surface area contributed by atoms with Crippen molar-refractivity contribution in [1.82, 2.24) is 9.21 Å². The van der Waals surface area contributed by atoms with E-state index < -0.39 is 10.0 Å². The van der Waals surface area contributed by atoms with E-state index in [1.165, 1.54) is 9.21 Å². The summed E-state index contributed by atoms with van der Waals surface area (Å²) in [6, 6.07) is 8.32. The van der Waals surface area contributed by atoms with Gasteiger partial charge in [-0.3, -0.25) is 4.79 Å². The van der Waals surface area contributed by atoms with Gasteiger partial charge in [0.25, 0.3) is 5.91 Å². The molecule has 0 aliphatic carbocycles. The summed E-state index contributed by atoms with van der Waals surface area (Å²) in [6.45, 7) is 9.23. The van der Waals surface area contributed by atoms with Gasteiger partial charge in [0.1, 0.15) is 25.3 Å². The first kappa shape index (κ1) is 20.3. The van der Waals surface area contributed by atoms with Crippen LogP contribution in [0.5, 0.6) is 0 Å². The zero-order valence-electron chi connectivity index (χ0n) is 16.3. The first-order chi connectivity index (χ1) is 12.8. The maximum absolute atomic E-state index is 12.9. The Morgan fingerprint density at radius 3 is 2.19 bits per heavy atom. The Morgan fingerprint density at radius 1 is 1.07 bits per heavy atom. The average Bonchev–Trinajstić information content (AvgIpc) is 2.67. The van der Waals surface area contributed by atoms with Gasteiger partial charge in [-0.1, -0.05) is 18.2 Å². The predicted octanol–water partition coefficient (Wildman–Crippen LogP) is -0.400. The van der Waals surface area contributed by atoms with Crippen LogP contribution in [0.1, 0.15) is 20.8 Å². The Morgan fingerprint density at radius 2 is 1.63 bits per heavy atom. The summed E-state index contributed by atoms with van der Waals surface area (Å²) in [6.07, 6.45) is 0.290. The number of ether oxygens (including phenoxy) is 1. The molecule has 8 heteroatoms. The van der Waals surface area contributed by atoms with Crippen molar-refractivity contribution >= 4 is 15.9 Å². The topological polar surface area (TPSA) is 71.4 Å². The Kier molecular flexibility index (Phi) is 6.20. The number of amides is 1. The SMILES string of the molecule is C[C@@H]1C[NH+]([C@@H](C)C(=O)N2CCN(S(=O)(=O)c3ccccc3)CC2)C[C@H](C)O1. The van der Waals surface area contributed by atoms with Gasteiger partial charge >= 0.3 is 0 Å². The molecule has 0 spiro atoms. The van der Waals surface area contributed by atoms with Crippen LogP contribution in [0.25, 0.3) is 0 Å². The summed E-state index contributed by atoms with van der Waals surface area (Å²) in [5.74, 6) is 0.100. The Balaban J connectivity index is 1.59. The molecule has 1 aromatic rings. The molecule has 27 heavy (non-hydrogen) atoms. The standard InChI is InChI=1S/C19H29N3O4S/c1-15-13-21(14-16(2)26-15)17(3)19(23)20-9-11-22(12-10-20)27(24,25)18-7-5-4-6-8-18/h4-8,15-17H,9-14H2,1-3H3/p+1/t15-,16+,17-/m0/s1. The fraction of sp³-hybridized carbons (Fsp3) is 0.632. The van der Waals surface area contributed by atoms with E-state index in [1.54, 1.807) is 35.2 Å². The van der Waals surface area contributed by atoms with Gasteiger partial charge in [0.2, 0.25) is 10.0 Å². The molecule has 1 aromatic carbocycles. The lowest BCUT2D eigenvalue weighted by Gasteiger charge is -2.39. The molecule has 1 unspecified atom stereocenters. The van der Waals surface area contributed by atoms with Crippen molar-refractivity contribution in [2.24, 2.45) is 0 Å². The lowest BCUT2D eigenvalue weighted by atomic mass is 10.1. The summed E-state index contributed by atoms with van der Waals surface area (Å²) in [5.41, 5.74) is 0. The smallest absolute Gasteiger partial charge is 0.280 e. The van der Waals surface area contributed by atoms with Gasteiger partial charge in [0.15, 0.2) is 6.04 Å². The molecule has 1 N–H and O–H groups in total. The third-order valence-corrected chi connectivity index (χ3v) is 7.39. The second-order valence-corrected chi connectivity index (χ2v) is 9.53. The van der Waals surface area contributed by atoms with Gasteiger partial charge in [-0.25, -0.2) is 8.42 Å². The Bertz CT molecular complexity index is 737. The zero-order valence-corrected chi connectivity index (χ0v) is 17.1. The molecule has 7 nitrogen and oxygen atoms in total. The lowest BCUT2D eigenvalue weighted by molar-refractivity contribution is -0.928. The third-order valence-electron chi connectivity index (χ3n) is 5.48. The Labute approximate surface area is 161 Å². The fourth-order valence-corrected chi connectivity index (χ4v) is 5.45. The Hall–Kier alpha value is -1.48. The molecule has 0 bridgehead atoms. The zero-order chi connectivity index (χ0) is 19.6. The predicted molar refractivity (Wildman–Crippen MR) is 102 cm³/mol. The lowest BCUT2D eigenvalue weighted by Crippen LogP contribution is -3.19. The summed E-state index contributed by atoms with van der Waals surface area (Å²) in [7, 11) is -3.49. The molecule has 150 valence electrons. The molecule has 0 radical (unpaired) electrons. The second-order valence-electron chi connectivity index (χ2n) is 7.59. The molecule has 4 atom stereocenters. The van der Waals surface area contributed by atoms with Gasteiger partial charge in [-0.05, 0) is 32.9 Å². The maximum atomic E-state index is 12.9. The molecule has 1 amide bonds. The van der Waals surface area contributed by atoms with Gasteiger partial charge in [-0.15, -0.1) is 0 Å². The highest BCUT2D eigenvalue weighted by molar-refractivity contribution is 7.89. The van der Waals surface area contributed by atoms with Crippen molar-refractivity contribution in [3.63, 3.8) is 0 Å². The van der Waals surface area contributed by atoms with E-state index in [2.05, 4.69) is 0 Å². The molecule has 2 saturated heterocycles. The van der Waals surface area contributed by atoms with Crippen LogP contribution in [0.4, 0.5) is 0 Å². The van der Waals surface area contributed by atoms with E-state index in [4.69, 9.17) is 4.74 Å². The molecule has 0 saturated carbocycles. The summed E-state index contributed by atoms with van der Waals surface area (Å²) < 4.78 is 32.7. The monoisotopic (exact) mass is 396 g/mol. The number of sulfonamides is 1. The quantitative estimate of drug-likeness (QED) is 0.752. The van der Waals surface area contributed by atoms with Gasteiger partial charge in [0.05, 0.1) is 4.90 Å². The largest absolute Gasteiger partial charge is 0.364 e. The summed E-state index contributed by atoms with van der Waals surface area (Å²) in [4.78, 5) is 16.3. The molecule has 2 heterocycles. The number of carbonyl (C=O) groups excluding carboxylic acids is 1. The van der Waals surface area contributed by atoms with E-state index in [-0.39, 0.29) is 24.2 Å². The number of rotatable bonds is 4. The molecule has 2 aliphatic heterocycles. The van der Waals surface area contributed by atoms with Gasteiger partial charge < -0.3 is 14.5 Å². The van der Waals surface area contributed by atoms with E-state index in [1.807, 2.05) is 20.8 Å². The number of nitrogens with one attached hydrogen (secondary N) is 1. The number of nitrogens with zero attached hydrogens (tertiary/aromatic N) is 2. The average molecular weight is 397 g/mol. The van der Waals surface area contributed by atoms with Crippen LogP contribution in [-0.4, -0.2) is 81.0 Å².